The van der Waals surface area contributed by atoms with E-state index in [1.165, 1.54) is 23.1 Å². The zero-order valence-corrected chi connectivity index (χ0v) is 19.8. The van der Waals surface area contributed by atoms with Crippen LogP contribution < -0.4 is 10.6 Å². The highest BCUT2D eigenvalue weighted by atomic mass is 32.2. The molecular weight excluding hydrogens is 458 g/mol. The smallest absolute Gasteiger partial charge is 0.307 e. The maximum absolute atomic E-state index is 12.7. The number of amides is 2. The number of thioether (sulfide) groups is 1. The lowest BCUT2D eigenvalue weighted by Gasteiger charge is -2.27. The molecule has 0 bridgehead atoms. The van der Waals surface area contributed by atoms with E-state index in [0.717, 1.165) is 38.6 Å². The van der Waals surface area contributed by atoms with Crippen LogP contribution in [-0.2, 0) is 14.4 Å². The second-order valence-electron chi connectivity index (χ2n) is 8.14. The third kappa shape index (κ3) is 5.72. The summed E-state index contributed by atoms with van der Waals surface area (Å²) in [6.07, 6.45) is 2.85. The maximum atomic E-state index is 12.7. The van der Waals surface area contributed by atoms with Gasteiger partial charge in [-0.25, -0.2) is 4.98 Å². The number of thiazole rings is 1. The molecule has 1 aromatic heterocycles. The highest BCUT2D eigenvalue weighted by molar-refractivity contribution is 8.01. The number of hydrogen-bond acceptors (Lipinski definition) is 6. The molecule has 2 atom stereocenters. The van der Waals surface area contributed by atoms with Crippen molar-refractivity contribution in [2.45, 2.75) is 36.9 Å². The summed E-state index contributed by atoms with van der Waals surface area (Å²) in [5.41, 5.74) is 3.23. The summed E-state index contributed by atoms with van der Waals surface area (Å²) in [6, 6.07) is 13.1. The summed E-state index contributed by atoms with van der Waals surface area (Å²) in [7, 11) is 0. The van der Waals surface area contributed by atoms with E-state index in [9.17, 15) is 19.5 Å². The van der Waals surface area contributed by atoms with Crippen LogP contribution in [0.1, 0.15) is 31.2 Å². The first-order chi connectivity index (χ1) is 15.9. The predicted octanol–water partition coefficient (Wildman–Crippen LogP) is 5.17. The topological polar surface area (TPSA) is 108 Å². The van der Waals surface area contributed by atoms with Gasteiger partial charge < -0.3 is 15.7 Å². The molecule has 7 nitrogen and oxygen atoms in total. The van der Waals surface area contributed by atoms with Crippen molar-refractivity contribution in [3.8, 4) is 0 Å². The van der Waals surface area contributed by atoms with Crippen LogP contribution in [-0.4, -0.2) is 33.6 Å². The highest BCUT2D eigenvalue weighted by Gasteiger charge is 2.35. The van der Waals surface area contributed by atoms with Gasteiger partial charge >= 0.3 is 5.97 Å². The lowest BCUT2D eigenvalue weighted by molar-refractivity contribution is -0.147. The van der Waals surface area contributed by atoms with Crippen LogP contribution in [0.4, 0.5) is 11.4 Å². The number of carbonyl (C=O) groups excluding carboxylic acids is 2. The molecule has 3 aromatic rings. The first-order valence-corrected chi connectivity index (χ1v) is 12.6. The minimum atomic E-state index is -0.902. The van der Waals surface area contributed by atoms with Gasteiger partial charge in [-0.05, 0) is 49.6 Å². The molecule has 1 fully saturated rings. The monoisotopic (exact) mass is 483 g/mol. The van der Waals surface area contributed by atoms with Gasteiger partial charge in [0.15, 0.2) is 4.34 Å². The van der Waals surface area contributed by atoms with Gasteiger partial charge in [-0.1, -0.05) is 42.8 Å². The van der Waals surface area contributed by atoms with Crippen LogP contribution in [0.5, 0.6) is 0 Å². The molecule has 3 N–H and O–H groups in total. The number of aromatic nitrogens is 1. The third-order valence-electron chi connectivity index (χ3n) is 5.80. The van der Waals surface area contributed by atoms with Gasteiger partial charge in [-0.2, -0.15) is 0 Å². The molecule has 1 saturated carbocycles. The molecule has 1 heterocycles. The Bertz CT molecular complexity index is 1190. The number of fused-ring (bicyclic) bond motifs is 1. The van der Waals surface area contributed by atoms with E-state index < -0.39 is 17.8 Å². The van der Waals surface area contributed by atoms with Crippen LogP contribution in [0, 0.1) is 18.8 Å². The third-order valence-corrected chi connectivity index (χ3v) is 7.96. The number of para-hydroxylation sites is 1. The molecule has 0 unspecified atom stereocenters. The zero-order valence-electron chi connectivity index (χ0n) is 18.2. The average Bonchev–Trinajstić information content (AvgIpc) is 3.21. The number of benzene rings is 2. The van der Waals surface area contributed by atoms with Crippen molar-refractivity contribution in [1.29, 1.82) is 0 Å². The lowest BCUT2D eigenvalue weighted by atomic mass is 9.78. The van der Waals surface area contributed by atoms with Crippen molar-refractivity contribution >= 4 is 62.5 Å². The molecule has 9 heteroatoms. The molecule has 4 rings (SSSR count). The Morgan fingerprint density at radius 3 is 2.61 bits per heavy atom. The largest absolute Gasteiger partial charge is 0.481 e. The molecule has 0 aliphatic heterocycles. The summed E-state index contributed by atoms with van der Waals surface area (Å²) < 4.78 is 1.67. The molecule has 172 valence electrons. The molecule has 0 saturated heterocycles. The van der Waals surface area contributed by atoms with E-state index in [4.69, 9.17) is 0 Å². The average molecular weight is 484 g/mol. The number of rotatable bonds is 7. The Labute approximate surface area is 200 Å². The standard InChI is InChI=1S/C24H25N3O4S2/c1-14-6-2-5-9-18(14)26-21(28)13-32-24-27-19-11-10-15(12-20(19)33-24)25-22(29)16-7-3-4-8-17(16)23(30)31/h2,5-6,9-12,16-17H,3-4,7-8,13H2,1H3,(H,25,29)(H,26,28)(H,30,31)/t16-,17+/m1/s1. The maximum Gasteiger partial charge on any atom is 0.307 e. The van der Waals surface area contributed by atoms with Crippen LogP contribution in [0.2, 0.25) is 0 Å². The molecular formula is C24H25N3O4S2. The van der Waals surface area contributed by atoms with Crippen molar-refractivity contribution in [2.24, 2.45) is 11.8 Å². The van der Waals surface area contributed by atoms with Crippen molar-refractivity contribution < 1.29 is 19.5 Å². The molecule has 33 heavy (non-hydrogen) atoms. The second kappa shape index (κ2) is 10.4. The number of aryl methyl sites for hydroxylation is 1. The first kappa shape index (κ1) is 23.3. The SMILES string of the molecule is Cc1ccccc1NC(=O)CSc1nc2ccc(NC(=O)[C@@H]3CCCC[C@@H]3C(=O)O)cc2s1. The fraction of sp³-hybridized carbons (Fsp3) is 0.333. The quantitative estimate of drug-likeness (QED) is 0.400. The minimum absolute atomic E-state index is 0.0954. The summed E-state index contributed by atoms with van der Waals surface area (Å²) in [6.45, 7) is 1.95. The van der Waals surface area contributed by atoms with Gasteiger partial charge in [0.25, 0.3) is 0 Å². The Hall–Kier alpha value is -2.91. The Balaban J connectivity index is 1.38. The summed E-state index contributed by atoms with van der Waals surface area (Å²) in [4.78, 5) is 41.1. The fourth-order valence-corrected chi connectivity index (χ4v) is 5.95. The van der Waals surface area contributed by atoms with Crippen molar-refractivity contribution in [3.63, 3.8) is 0 Å². The minimum Gasteiger partial charge on any atom is -0.481 e. The summed E-state index contributed by atoms with van der Waals surface area (Å²) in [5.74, 6) is -2.13. The van der Waals surface area contributed by atoms with Gasteiger partial charge in [0.2, 0.25) is 11.8 Å². The van der Waals surface area contributed by atoms with E-state index >= 15 is 0 Å². The van der Waals surface area contributed by atoms with Gasteiger partial charge in [-0.15, -0.1) is 11.3 Å². The van der Waals surface area contributed by atoms with E-state index in [1.807, 2.05) is 43.3 Å². The second-order valence-corrected chi connectivity index (χ2v) is 10.4. The predicted molar refractivity (Wildman–Crippen MR) is 132 cm³/mol. The van der Waals surface area contributed by atoms with Gasteiger partial charge in [0.1, 0.15) is 0 Å². The molecule has 2 amide bonds. The number of nitrogens with one attached hydrogen (secondary N) is 2. The van der Waals surface area contributed by atoms with E-state index in [-0.39, 0.29) is 17.6 Å². The Morgan fingerprint density at radius 2 is 1.85 bits per heavy atom. The molecule has 2 aromatic carbocycles. The number of anilines is 2. The number of carbonyl (C=O) groups is 3. The molecule has 0 radical (unpaired) electrons. The van der Waals surface area contributed by atoms with Crippen LogP contribution >= 0.6 is 23.1 Å². The van der Waals surface area contributed by atoms with Crippen LogP contribution in [0.3, 0.4) is 0 Å². The number of nitrogens with zero attached hydrogens (tertiary/aromatic N) is 1. The van der Waals surface area contributed by atoms with E-state index in [0.29, 0.717) is 18.5 Å². The van der Waals surface area contributed by atoms with Crippen molar-refractivity contribution in [1.82, 2.24) is 4.98 Å². The lowest BCUT2D eigenvalue weighted by Crippen LogP contribution is -2.36. The zero-order chi connectivity index (χ0) is 23.4. The number of carboxylic acids is 1. The van der Waals surface area contributed by atoms with Crippen LogP contribution in [0.25, 0.3) is 10.2 Å². The van der Waals surface area contributed by atoms with Gasteiger partial charge in [0, 0.05) is 11.4 Å². The summed E-state index contributed by atoms with van der Waals surface area (Å²) in [5, 5.41) is 15.2. The summed E-state index contributed by atoms with van der Waals surface area (Å²) >= 11 is 2.83. The van der Waals surface area contributed by atoms with E-state index in [2.05, 4.69) is 15.6 Å². The molecule has 1 aliphatic carbocycles. The Kier molecular flexibility index (Phi) is 7.29. The molecule has 0 spiro atoms. The van der Waals surface area contributed by atoms with Crippen LogP contribution in [0.15, 0.2) is 46.8 Å². The van der Waals surface area contributed by atoms with Crippen molar-refractivity contribution in [2.75, 3.05) is 16.4 Å². The normalized spacial score (nSPS) is 18.1. The molecule has 1 aliphatic rings. The van der Waals surface area contributed by atoms with Gasteiger partial charge in [0.05, 0.1) is 27.8 Å². The van der Waals surface area contributed by atoms with Gasteiger partial charge in [-0.3, -0.25) is 14.4 Å². The number of carboxylic acid groups (broad SMARTS) is 1. The Morgan fingerprint density at radius 1 is 1.09 bits per heavy atom. The van der Waals surface area contributed by atoms with E-state index in [1.54, 1.807) is 6.07 Å². The fourth-order valence-electron chi connectivity index (χ4n) is 4.04. The number of aliphatic carboxylic acids is 1. The van der Waals surface area contributed by atoms with Crippen molar-refractivity contribution in [3.05, 3.63) is 48.0 Å². The highest BCUT2D eigenvalue weighted by Crippen LogP contribution is 2.33. The first-order valence-electron chi connectivity index (χ1n) is 10.8. The number of hydrogen-bond donors (Lipinski definition) is 3.